The monoisotopic (exact) mass is 588 g/mol. The molecule has 9 nitrogen and oxygen atoms in total. The Morgan fingerprint density at radius 1 is 1.14 bits per heavy atom. The third-order valence-corrected chi connectivity index (χ3v) is 9.58. The molecule has 2 aromatic carbocycles. The number of hydrogen-bond donors (Lipinski definition) is 2. The van der Waals surface area contributed by atoms with Crippen molar-refractivity contribution in [1.82, 2.24) is 28.7 Å². The van der Waals surface area contributed by atoms with Crippen molar-refractivity contribution in [2.24, 2.45) is 13.0 Å². The van der Waals surface area contributed by atoms with Gasteiger partial charge in [-0.3, -0.25) is 4.79 Å². The Kier molecular flexibility index (Phi) is 8.68. The van der Waals surface area contributed by atoms with E-state index < -0.39 is 10.0 Å². The van der Waals surface area contributed by atoms with Gasteiger partial charge in [0, 0.05) is 77.7 Å². The fourth-order valence-electron chi connectivity index (χ4n) is 5.83. The molecular weight excluding hydrogens is 548 g/mol. The van der Waals surface area contributed by atoms with E-state index in [4.69, 9.17) is 0 Å². The molecule has 42 heavy (non-hydrogen) atoms. The number of sulfonamides is 1. The molecule has 1 atom stereocenters. The summed E-state index contributed by atoms with van der Waals surface area (Å²) in [6.07, 6.45) is 8.57. The first kappa shape index (κ1) is 29.8. The molecule has 0 bridgehead atoms. The molecule has 0 aliphatic heterocycles. The quantitative estimate of drug-likeness (QED) is 0.279. The molecule has 10 heteroatoms. The minimum absolute atomic E-state index is 0.0116. The third-order valence-electron chi connectivity index (χ3n) is 8.24. The minimum atomic E-state index is -3.23. The zero-order chi connectivity index (χ0) is 30.0. The predicted molar refractivity (Wildman–Crippen MR) is 168 cm³/mol. The normalized spacial score (nSPS) is 15.3. The van der Waals surface area contributed by atoms with Gasteiger partial charge >= 0.3 is 0 Å². The highest BCUT2D eigenvalue weighted by molar-refractivity contribution is 7.88. The van der Waals surface area contributed by atoms with Gasteiger partial charge in [0.25, 0.3) is 0 Å². The predicted octanol–water partition coefficient (Wildman–Crippen LogP) is 4.45. The topological polar surface area (TPSA) is 105 Å². The van der Waals surface area contributed by atoms with Crippen molar-refractivity contribution < 1.29 is 13.2 Å². The molecule has 0 fully saturated rings. The van der Waals surface area contributed by atoms with E-state index >= 15 is 0 Å². The molecule has 3 heterocycles. The summed E-state index contributed by atoms with van der Waals surface area (Å²) in [4.78, 5) is 22.7. The lowest BCUT2D eigenvalue weighted by Gasteiger charge is -2.23. The zero-order valence-electron chi connectivity index (χ0n) is 25.0. The number of hydrogen-bond acceptors (Lipinski definition) is 5. The number of nitrogens with one attached hydrogen (secondary N) is 2. The molecule has 0 amide bonds. The van der Waals surface area contributed by atoms with Crippen LogP contribution in [-0.4, -0.2) is 65.9 Å². The van der Waals surface area contributed by atoms with Crippen LogP contribution in [0.1, 0.15) is 39.4 Å². The second-order valence-corrected chi connectivity index (χ2v) is 13.3. The summed E-state index contributed by atoms with van der Waals surface area (Å²) in [6.45, 7) is 3.68. The standard InChI is InChI=1S/C18H19N3O.C14H21N3O2S/c1-12-19-9-10-21(12)11-13-7-8-16-17(18(13)22)14-5-3-4-6-15(14)20(16)2;1-15-20(18,19)10-11-4-5-14-13(8-11)12(9-16-14)6-7-17(2)3/h3-6,9-10,13H,7-8,11H2,1-2H3;4-5,8-9,15-16H,6-7,10H2,1-3H3. The minimum Gasteiger partial charge on any atom is -0.361 e. The molecular formula is C32H40N6O3S. The third kappa shape index (κ3) is 6.21. The lowest BCUT2D eigenvalue weighted by atomic mass is 9.85. The van der Waals surface area contributed by atoms with E-state index in [0.29, 0.717) is 0 Å². The van der Waals surface area contributed by atoms with Crippen LogP contribution in [0.2, 0.25) is 0 Å². The average Bonchev–Trinajstić information content (AvgIpc) is 3.65. The number of H-pyrrole nitrogens is 1. The molecule has 222 valence electrons. The molecule has 5 aromatic rings. The van der Waals surface area contributed by atoms with Crippen molar-refractivity contribution in [3.63, 3.8) is 0 Å². The fourth-order valence-corrected chi connectivity index (χ4v) is 6.59. The summed E-state index contributed by atoms with van der Waals surface area (Å²) >= 11 is 0. The number of carbonyl (C=O) groups is 1. The highest BCUT2D eigenvalue weighted by atomic mass is 32.2. The summed E-state index contributed by atoms with van der Waals surface area (Å²) in [7, 11) is 4.35. The second kappa shape index (κ2) is 12.2. The summed E-state index contributed by atoms with van der Waals surface area (Å²) in [5.41, 5.74) is 6.34. The molecule has 0 saturated carbocycles. The molecule has 0 saturated heterocycles. The number of fused-ring (bicyclic) bond motifs is 4. The maximum absolute atomic E-state index is 13.0. The van der Waals surface area contributed by atoms with Crippen molar-refractivity contribution in [2.75, 3.05) is 27.7 Å². The molecule has 2 N–H and O–H groups in total. The van der Waals surface area contributed by atoms with Gasteiger partial charge in [-0.05, 0) is 76.7 Å². The van der Waals surface area contributed by atoms with Gasteiger partial charge in [-0.1, -0.05) is 24.3 Å². The Labute approximate surface area is 247 Å². The second-order valence-electron chi connectivity index (χ2n) is 11.3. The van der Waals surface area contributed by atoms with Crippen LogP contribution in [0.4, 0.5) is 0 Å². The van der Waals surface area contributed by atoms with E-state index in [-0.39, 0.29) is 17.5 Å². The van der Waals surface area contributed by atoms with Crippen molar-refractivity contribution in [1.29, 1.82) is 0 Å². The molecule has 3 aromatic heterocycles. The number of nitrogens with zero attached hydrogens (tertiary/aromatic N) is 4. The van der Waals surface area contributed by atoms with Gasteiger partial charge in [0.2, 0.25) is 10.0 Å². The lowest BCUT2D eigenvalue weighted by Crippen LogP contribution is -2.27. The first-order valence-electron chi connectivity index (χ1n) is 14.3. The molecule has 1 unspecified atom stereocenters. The first-order chi connectivity index (χ1) is 20.1. The highest BCUT2D eigenvalue weighted by Gasteiger charge is 2.32. The van der Waals surface area contributed by atoms with E-state index in [1.165, 1.54) is 18.3 Å². The van der Waals surface area contributed by atoms with Crippen molar-refractivity contribution >= 4 is 37.6 Å². The van der Waals surface area contributed by atoms with Crippen LogP contribution in [0.5, 0.6) is 0 Å². The number of likely N-dealkylation sites (N-methyl/N-ethyl adjacent to an activating group) is 1. The average molecular weight is 589 g/mol. The highest BCUT2D eigenvalue weighted by Crippen LogP contribution is 2.34. The van der Waals surface area contributed by atoms with Crippen molar-refractivity contribution in [3.05, 3.63) is 89.3 Å². The molecule has 0 spiro atoms. The van der Waals surface area contributed by atoms with Crippen LogP contribution in [-0.2, 0) is 42.2 Å². The number of imidazole rings is 1. The van der Waals surface area contributed by atoms with Crippen LogP contribution in [0.25, 0.3) is 21.8 Å². The van der Waals surface area contributed by atoms with Crippen molar-refractivity contribution in [2.45, 2.75) is 38.5 Å². The number of aryl methyl sites for hydroxylation is 2. The van der Waals surface area contributed by atoms with Crippen LogP contribution in [0.15, 0.2) is 61.1 Å². The summed E-state index contributed by atoms with van der Waals surface area (Å²) in [5, 5.41) is 2.20. The molecule has 1 aliphatic carbocycles. The number of Topliss-reactive ketones (excluding diaryl/α,β-unsaturated/α-hetero) is 1. The number of ketones is 1. The Hall–Kier alpha value is -3.73. The smallest absolute Gasteiger partial charge is 0.215 e. The number of para-hydroxylation sites is 1. The van der Waals surface area contributed by atoms with E-state index in [2.05, 4.69) is 47.9 Å². The Morgan fingerprint density at radius 3 is 2.64 bits per heavy atom. The maximum Gasteiger partial charge on any atom is 0.215 e. The molecule has 0 radical (unpaired) electrons. The van der Waals surface area contributed by atoms with Gasteiger partial charge in [-0.2, -0.15) is 0 Å². The number of carbonyl (C=O) groups excluding carboxylic acids is 1. The largest absolute Gasteiger partial charge is 0.361 e. The van der Waals surface area contributed by atoms with E-state index in [0.717, 1.165) is 71.1 Å². The van der Waals surface area contributed by atoms with Gasteiger partial charge < -0.3 is 19.0 Å². The maximum atomic E-state index is 13.0. The summed E-state index contributed by atoms with van der Waals surface area (Å²) in [6, 6.07) is 14.0. The van der Waals surface area contributed by atoms with Crippen LogP contribution < -0.4 is 4.72 Å². The zero-order valence-corrected chi connectivity index (χ0v) is 25.8. The Bertz CT molecular complexity index is 1830. The number of aromatic amines is 1. The van der Waals surface area contributed by atoms with E-state index in [1.807, 2.05) is 63.7 Å². The Balaban J connectivity index is 0.000000169. The van der Waals surface area contributed by atoms with Crippen molar-refractivity contribution in [3.8, 4) is 0 Å². The van der Waals surface area contributed by atoms with Crippen LogP contribution >= 0.6 is 0 Å². The fraction of sp³-hybridized carbons (Fsp3) is 0.375. The number of benzene rings is 2. The summed E-state index contributed by atoms with van der Waals surface area (Å²) < 4.78 is 29.8. The van der Waals surface area contributed by atoms with Gasteiger partial charge in [0.1, 0.15) is 5.82 Å². The van der Waals surface area contributed by atoms with E-state index in [9.17, 15) is 13.2 Å². The first-order valence-corrected chi connectivity index (χ1v) is 16.0. The van der Waals surface area contributed by atoms with Gasteiger partial charge in [-0.25, -0.2) is 18.1 Å². The molecule has 6 rings (SSSR count). The molecule has 1 aliphatic rings. The van der Waals surface area contributed by atoms with Gasteiger partial charge in [0.05, 0.1) is 5.75 Å². The van der Waals surface area contributed by atoms with Gasteiger partial charge in [-0.15, -0.1) is 0 Å². The number of aromatic nitrogens is 4. The Morgan fingerprint density at radius 2 is 1.93 bits per heavy atom. The number of rotatable bonds is 8. The SMILES string of the molecule is CNS(=O)(=O)Cc1ccc2[nH]cc(CCN(C)C)c2c1.Cc1nccn1CC1CCc2c(c3ccccc3n2C)C1=O. The van der Waals surface area contributed by atoms with Crippen LogP contribution in [0.3, 0.4) is 0 Å². The summed E-state index contributed by atoms with van der Waals surface area (Å²) in [5.74, 6) is 1.31. The van der Waals surface area contributed by atoms with Gasteiger partial charge in [0.15, 0.2) is 5.78 Å². The lowest BCUT2D eigenvalue weighted by molar-refractivity contribution is 0.0888. The van der Waals surface area contributed by atoms with E-state index in [1.54, 1.807) is 6.20 Å². The van der Waals surface area contributed by atoms with Crippen LogP contribution in [0, 0.1) is 12.8 Å².